The molecule has 2 amide bonds. The second-order valence-corrected chi connectivity index (χ2v) is 24.1. The number of aryl methyl sites for hydroxylation is 1. The highest BCUT2D eigenvalue weighted by Crippen LogP contribution is 2.33. The number of pyridine rings is 1. The molecule has 22 heteroatoms. The fourth-order valence-electron chi connectivity index (χ4n) is 10.3. The fourth-order valence-corrected chi connectivity index (χ4v) is 12.4. The summed E-state index contributed by atoms with van der Waals surface area (Å²) < 4.78 is 79.2. The number of aromatic nitrogens is 3. The Balaban J connectivity index is 0.703. The normalized spacial score (nSPS) is 18.9. The van der Waals surface area contributed by atoms with Crippen molar-refractivity contribution >= 4 is 55.9 Å². The van der Waals surface area contributed by atoms with Crippen LogP contribution in [0.25, 0.3) is 32.6 Å². The van der Waals surface area contributed by atoms with Crippen LogP contribution in [0.1, 0.15) is 73.6 Å². The molecule has 6 aromatic rings. The van der Waals surface area contributed by atoms with E-state index >= 15 is 8.78 Å². The predicted octanol–water partition coefficient (Wildman–Crippen LogP) is 7.44. The van der Waals surface area contributed by atoms with Crippen LogP contribution in [0.2, 0.25) is 0 Å². The molecular weight excluding hydrogens is 1060 g/mol. The summed E-state index contributed by atoms with van der Waals surface area (Å²) in [5.74, 6) is -3.43. The number of rotatable bonds is 21. The minimum atomic E-state index is -4.37. The molecule has 3 fully saturated rings. The zero-order valence-corrected chi connectivity index (χ0v) is 46.4. The summed E-state index contributed by atoms with van der Waals surface area (Å²) >= 11 is 1.61. The number of ketones is 1. The molecule has 79 heavy (non-hydrogen) atoms. The number of fused-ring (bicyclic) bond motifs is 1. The molecule has 3 aliphatic rings. The Morgan fingerprint density at radius 2 is 1.66 bits per heavy atom. The van der Waals surface area contributed by atoms with Crippen molar-refractivity contribution in [2.45, 2.75) is 84.3 Å². The summed E-state index contributed by atoms with van der Waals surface area (Å²) in [7, 11) is -4.37. The Morgan fingerprint density at radius 3 is 2.34 bits per heavy atom. The highest BCUT2D eigenvalue weighted by Gasteiger charge is 2.43. The molecule has 6 heterocycles. The number of H-pyrrole nitrogens is 1. The van der Waals surface area contributed by atoms with Gasteiger partial charge in [0.2, 0.25) is 17.6 Å². The van der Waals surface area contributed by atoms with Gasteiger partial charge in [0.15, 0.2) is 5.82 Å². The van der Waals surface area contributed by atoms with Gasteiger partial charge in [-0.2, -0.15) is 12.7 Å². The van der Waals surface area contributed by atoms with Crippen LogP contribution in [0.5, 0.6) is 5.75 Å². The number of carbonyl (C=O) groups excluding carboxylic acids is 3. The number of β-amino-alcohol motifs (C(OH)–C–C–N with tert-alkyl or cyclic N) is 1. The van der Waals surface area contributed by atoms with Gasteiger partial charge >= 0.3 is 10.2 Å². The maximum Gasteiger partial charge on any atom is 0.301 e. The minimum Gasteiger partial charge on any atom is -0.494 e. The average Bonchev–Trinajstić information content (AvgIpc) is 4.49. The first kappa shape index (κ1) is 57.0. The molecule has 0 aliphatic carbocycles. The standard InChI is InChI=1S/C57H67F3N10O7S2/c1-35(61-28-37-8-10-39(11-9-37)53-36(2)64-34-78-53)48-27-42(71)32-70(48)56(74)54(57(3,4)5)65-49(72)33-68-23-21-67(22-24-68)19-6-7-25-77-43-14-12-38(13-15-43)40-26-44-45(30-63-55(44)62-29-40)52(73)50-46(59)16-17-47(51(50)60)66-79(75,76)69-20-18-41(58)31-69/h8-17,26,29-30,34,41-42,48,54,61,66,71H,1,6-7,18-25,27-28,31-33H2,2-5H3,(H,62,63)(H,65,72)/t41-,42-,48+,54-/m1/s1. The minimum absolute atomic E-state index is 0.00665. The van der Waals surface area contributed by atoms with E-state index < -0.39 is 75.2 Å². The van der Waals surface area contributed by atoms with Crippen molar-refractivity contribution in [3.63, 3.8) is 0 Å². The van der Waals surface area contributed by atoms with E-state index in [2.05, 4.69) is 66.2 Å². The number of amides is 2. The summed E-state index contributed by atoms with van der Waals surface area (Å²) in [6, 6.07) is 17.7. The van der Waals surface area contributed by atoms with E-state index in [0.29, 0.717) is 60.7 Å². The number of benzene rings is 3. The van der Waals surface area contributed by atoms with Gasteiger partial charge in [-0.3, -0.25) is 24.0 Å². The van der Waals surface area contributed by atoms with Gasteiger partial charge in [-0.25, -0.2) is 23.1 Å². The van der Waals surface area contributed by atoms with Gasteiger partial charge in [-0.15, -0.1) is 11.3 Å². The number of anilines is 1. The number of nitrogens with zero attached hydrogens (tertiary/aromatic N) is 6. The first-order valence-electron chi connectivity index (χ1n) is 26.5. The Hall–Kier alpha value is -6.69. The molecule has 5 N–H and O–H groups in total. The number of unbranched alkanes of at least 4 members (excludes halogenated alkanes) is 1. The molecule has 0 spiro atoms. The number of hydrogen-bond acceptors (Lipinski definition) is 13. The van der Waals surface area contributed by atoms with Gasteiger partial charge in [-0.05, 0) is 85.2 Å². The summed E-state index contributed by atoms with van der Waals surface area (Å²) in [4.78, 5) is 60.5. The lowest BCUT2D eigenvalue weighted by Crippen LogP contribution is -2.58. The Kier molecular flexibility index (Phi) is 17.6. The van der Waals surface area contributed by atoms with Crippen LogP contribution < -0.4 is 20.1 Å². The van der Waals surface area contributed by atoms with E-state index in [1.54, 1.807) is 28.5 Å². The number of piperazine rings is 1. The largest absolute Gasteiger partial charge is 0.494 e. The summed E-state index contributed by atoms with van der Waals surface area (Å²) in [6.07, 6.45) is 2.88. The molecular formula is C57H67F3N10O7S2. The number of aliphatic hydroxyl groups excluding tert-OH is 1. The van der Waals surface area contributed by atoms with E-state index in [9.17, 15) is 32.3 Å². The molecule has 3 aliphatic heterocycles. The molecule has 4 atom stereocenters. The Bertz CT molecular complexity index is 3290. The second-order valence-electron chi connectivity index (χ2n) is 21.6. The number of likely N-dealkylation sites (tertiary alicyclic amines) is 1. The van der Waals surface area contributed by atoms with Gasteiger partial charge in [0.25, 0.3) is 0 Å². The third-order valence-electron chi connectivity index (χ3n) is 14.8. The summed E-state index contributed by atoms with van der Waals surface area (Å²) in [6.45, 7) is 16.7. The van der Waals surface area contributed by atoms with E-state index in [4.69, 9.17) is 4.74 Å². The van der Waals surface area contributed by atoms with Gasteiger partial charge < -0.3 is 35.3 Å². The number of carbonyl (C=O) groups is 3. The van der Waals surface area contributed by atoms with E-state index in [0.717, 1.165) is 76.2 Å². The average molecular weight is 1130 g/mol. The van der Waals surface area contributed by atoms with Crippen molar-refractivity contribution in [1.82, 2.24) is 44.6 Å². The van der Waals surface area contributed by atoms with Crippen LogP contribution >= 0.6 is 11.3 Å². The maximum absolute atomic E-state index is 15.8. The molecule has 420 valence electrons. The quantitative estimate of drug-likeness (QED) is 0.0352. The van der Waals surface area contributed by atoms with Crippen molar-refractivity contribution in [1.29, 1.82) is 0 Å². The molecule has 9 rings (SSSR count). The van der Waals surface area contributed by atoms with Crippen LogP contribution in [0.4, 0.5) is 18.9 Å². The van der Waals surface area contributed by atoms with Crippen LogP contribution in [0.15, 0.2) is 96.9 Å². The highest BCUT2D eigenvalue weighted by molar-refractivity contribution is 7.90. The van der Waals surface area contributed by atoms with Crippen LogP contribution in [0, 0.1) is 24.0 Å². The summed E-state index contributed by atoms with van der Waals surface area (Å²) in [5, 5.41) is 17.5. The predicted molar refractivity (Wildman–Crippen MR) is 298 cm³/mol. The first-order chi connectivity index (χ1) is 37.7. The molecule has 0 radical (unpaired) electrons. The Morgan fingerprint density at radius 1 is 0.937 bits per heavy atom. The number of ether oxygens (including phenoxy) is 1. The van der Waals surface area contributed by atoms with Gasteiger partial charge in [-0.1, -0.05) is 63.7 Å². The number of aromatic amines is 1. The van der Waals surface area contributed by atoms with Crippen molar-refractivity contribution in [3.8, 4) is 27.3 Å². The topological polar surface area (TPSA) is 205 Å². The number of alkyl halides is 1. The fraction of sp³-hybridized carbons (Fsp3) is 0.421. The number of nitrogens with one attached hydrogen (secondary N) is 4. The van der Waals surface area contributed by atoms with Crippen LogP contribution in [-0.2, 0) is 26.3 Å². The SMILES string of the molecule is C=C(NCc1ccc(-c2scnc2C)cc1)[C@@H]1C[C@@H](O)CN1C(=O)[C@@H](NC(=O)CN1CCN(CCCCOc2ccc(-c3cnc4[nH]cc(C(=O)c5c(F)ccc(NS(=O)(=O)N6CC[C@@H](F)C6)c5F)c4c3)cc2)CC1)C(C)(C)C. The highest BCUT2D eigenvalue weighted by atomic mass is 32.2. The molecule has 0 unspecified atom stereocenters. The number of hydrogen-bond donors (Lipinski definition) is 5. The van der Waals surface area contributed by atoms with Crippen molar-refractivity contribution in [3.05, 3.63) is 131 Å². The number of thiazole rings is 1. The molecule has 0 bridgehead atoms. The lowest BCUT2D eigenvalue weighted by atomic mass is 9.85. The molecule has 0 saturated carbocycles. The van der Waals surface area contributed by atoms with Crippen molar-refractivity contribution in [2.75, 3.05) is 70.2 Å². The molecule has 3 aromatic carbocycles. The number of halogens is 3. The monoisotopic (exact) mass is 1120 g/mol. The van der Waals surface area contributed by atoms with Gasteiger partial charge in [0.05, 0.1) is 52.6 Å². The lowest BCUT2D eigenvalue weighted by molar-refractivity contribution is -0.140. The van der Waals surface area contributed by atoms with Crippen molar-refractivity contribution < 1.29 is 45.8 Å². The number of aliphatic hydroxyl groups is 1. The maximum atomic E-state index is 15.8. The van der Waals surface area contributed by atoms with Gasteiger partial charge in [0.1, 0.15) is 29.4 Å². The van der Waals surface area contributed by atoms with Crippen LogP contribution in [0.3, 0.4) is 0 Å². The first-order valence-corrected chi connectivity index (χ1v) is 28.8. The van der Waals surface area contributed by atoms with Crippen molar-refractivity contribution in [2.24, 2.45) is 5.41 Å². The summed E-state index contributed by atoms with van der Waals surface area (Å²) in [5.41, 5.74) is 5.02. The molecule has 3 aromatic heterocycles. The lowest BCUT2D eigenvalue weighted by Gasteiger charge is -2.37. The third-order valence-corrected chi connectivity index (χ3v) is 17.3. The van der Waals surface area contributed by atoms with E-state index in [1.165, 1.54) is 6.20 Å². The van der Waals surface area contributed by atoms with Crippen LogP contribution in [-0.4, -0.2) is 155 Å². The zero-order valence-electron chi connectivity index (χ0n) is 44.7. The zero-order chi connectivity index (χ0) is 56.2. The van der Waals surface area contributed by atoms with Gasteiger partial charge in [0, 0.05) is 93.4 Å². The Labute approximate surface area is 462 Å². The van der Waals surface area contributed by atoms with E-state index in [1.807, 2.05) is 62.2 Å². The smallest absolute Gasteiger partial charge is 0.301 e. The second kappa shape index (κ2) is 24.4. The third kappa shape index (κ3) is 13.5. The molecule has 3 saturated heterocycles. The molecule has 17 nitrogen and oxygen atoms in total. The van der Waals surface area contributed by atoms with E-state index in [-0.39, 0.29) is 43.4 Å².